The van der Waals surface area contributed by atoms with Gasteiger partial charge in [0.25, 0.3) is 0 Å². The Labute approximate surface area is 106 Å². The first-order chi connectivity index (χ1) is 8.59. The van der Waals surface area contributed by atoms with Gasteiger partial charge in [-0.25, -0.2) is 9.78 Å². The van der Waals surface area contributed by atoms with E-state index in [1.807, 2.05) is 16.1 Å². The van der Waals surface area contributed by atoms with Crippen molar-refractivity contribution in [3.05, 3.63) is 18.7 Å². The maximum absolute atomic E-state index is 11.3. The number of hydrogen-bond donors (Lipinski definition) is 3. The van der Waals surface area contributed by atoms with Crippen LogP contribution >= 0.6 is 0 Å². The Morgan fingerprint density at radius 1 is 1.44 bits per heavy atom. The fourth-order valence-electron chi connectivity index (χ4n) is 1.48. The number of aromatic nitrogens is 2. The summed E-state index contributed by atoms with van der Waals surface area (Å²) in [6.07, 6.45) is 7.36. The molecular formula is C11H19N5O2. The fraction of sp³-hybridized carbons (Fsp3) is 0.545. The average molecular weight is 253 g/mol. The summed E-state index contributed by atoms with van der Waals surface area (Å²) >= 11 is 0. The average Bonchev–Trinajstić information content (AvgIpc) is 2.80. The quantitative estimate of drug-likeness (QED) is 0.587. The molecule has 4 N–H and O–H groups in total. The highest BCUT2D eigenvalue weighted by atomic mass is 16.2. The van der Waals surface area contributed by atoms with Gasteiger partial charge in [-0.15, -0.1) is 0 Å². The molecule has 0 radical (unpaired) electrons. The Bertz CT molecular complexity index is 377. The number of nitrogens with one attached hydrogen (secondary N) is 2. The van der Waals surface area contributed by atoms with Gasteiger partial charge >= 0.3 is 6.03 Å². The van der Waals surface area contributed by atoms with E-state index in [0.29, 0.717) is 6.54 Å². The molecule has 1 atom stereocenters. The zero-order valence-corrected chi connectivity index (χ0v) is 10.4. The van der Waals surface area contributed by atoms with Crippen LogP contribution in [0.1, 0.15) is 19.8 Å². The van der Waals surface area contributed by atoms with E-state index in [4.69, 9.17) is 5.73 Å². The van der Waals surface area contributed by atoms with Crippen molar-refractivity contribution >= 4 is 11.9 Å². The monoisotopic (exact) mass is 253 g/mol. The highest BCUT2D eigenvalue weighted by Crippen LogP contribution is 1.94. The maximum atomic E-state index is 11.3. The molecule has 18 heavy (non-hydrogen) atoms. The normalized spacial score (nSPS) is 12.1. The van der Waals surface area contributed by atoms with E-state index in [9.17, 15) is 9.59 Å². The van der Waals surface area contributed by atoms with Gasteiger partial charge in [0.15, 0.2) is 0 Å². The van der Waals surface area contributed by atoms with Crippen LogP contribution in [0.25, 0.3) is 0 Å². The van der Waals surface area contributed by atoms with Crippen LogP contribution in [-0.2, 0) is 11.3 Å². The summed E-state index contributed by atoms with van der Waals surface area (Å²) in [4.78, 5) is 25.7. The molecule has 0 aliphatic carbocycles. The Balaban J connectivity index is 2.06. The molecule has 1 heterocycles. The number of unbranched alkanes of at least 4 members (excludes halogenated alkanes) is 1. The number of nitrogens with two attached hydrogens (primary N) is 1. The molecule has 0 spiro atoms. The van der Waals surface area contributed by atoms with E-state index in [1.165, 1.54) is 0 Å². The van der Waals surface area contributed by atoms with E-state index in [0.717, 1.165) is 19.4 Å². The fourth-order valence-corrected chi connectivity index (χ4v) is 1.48. The Morgan fingerprint density at radius 3 is 2.83 bits per heavy atom. The smallest absolute Gasteiger partial charge is 0.318 e. The van der Waals surface area contributed by atoms with Gasteiger partial charge in [-0.3, -0.25) is 10.1 Å². The van der Waals surface area contributed by atoms with Crippen molar-refractivity contribution in [1.82, 2.24) is 20.2 Å². The summed E-state index contributed by atoms with van der Waals surface area (Å²) in [6, 6.07) is -1.25. The number of imidazole rings is 1. The molecule has 0 bridgehead atoms. The molecule has 1 rings (SSSR count). The van der Waals surface area contributed by atoms with Gasteiger partial charge in [0.2, 0.25) is 5.91 Å². The number of nitrogens with zero attached hydrogens (tertiary/aromatic N) is 2. The number of rotatable bonds is 7. The van der Waals surface area contributed by atoms with E-state index in [-0.39, 0.29) is 0 Å². The molecule has 0 fully saturated rings. The van der Waals surface area contributed by atoms with Crippen molar-refractivity contribution in [3.63, 3.8) is 0 Å². The van der Waals surface area contributed by atoms with Crippen LogP contribution in [0.15, 0.2) is 18.7 Å². The van der Waals surface area contributed by atoms with Crippen LogP contribution in [0.3, 0.4) is 0 Å². The van der Waals surface area contributed by atoms with Crippen molar-refractivity contribution in [2.75, 3.05) is 6.54 Å². The van der Waals surface area contributed by atoms with Crippen molar-refractivity contribution < 1.29 is 9.59 Å². The van der Waals surface area contributed by atoms with Crippen molar-refractivity contribution in [1.29, 1.82) is 0 Å². The minimum Gasteiger partial charge on any atom is -0.351 e. The first-order valence-electron chi connectivity index (χ1n) is 5.89. The zero-order chi connectivity index (χ0) is 13.4. The van der Waals surface area contributed by atoms with Crippen LogP contribution < -0.4 is 16.4 Å². The van der Waals surface area contributed by atoms with E-state index in [2.05, 4.69) is 10.3 Å². The highest BCUT2D eigenvalue weighted by Gasteiger charge is 2.12. The van der Waals surface area contributed by atoms with Crippen molar-refractivity contribution in [2.24, 2.45) is 5.73 Å². The number of aryl methyl sites for hydroxylation is 1. The number of hydrogen-bond acceptors (Lipinski definition) is 4. The maximum Gasteiger partial charge on any atom is 0.318 e. The van der Waals surface area contributed by atoms with E-state index >= 15 is 0 Å². The molecule has 1 unspecified atom stereocenters. The molecule has 1 aromatic rings. The molecule has 0 aliphatic rings. The summed E-state index contributed by atoms with van der Waals surface area (Å²) in [5.74, 6) is -0.405. The van der Waals surface area contributed by atoms with Crippen LogP contribution in [0.5, 0.6) is 0 Å². The van der Waals surface area contributed by atoms with Crippen molar-refractivity contribution in [2.45, 2.75) is 32.4 Å². The lowest BCUT2D eigenvalue weighted by Crippen LogP contribution is -2.46. The molecule has 1 aromatic heterocycles. The number of carbonyl (C=O) groups excluding carboxylic acids is 2. The standard InChI is InChI=1S/C11H19N5O2/c1-9(10(17)15-11(12)18)14-4-2-3-6-16-7-5-13-8-16/h5,7-9,14H,2-4,6H2,1H3,(H3,12,15,17,18). The summed E-state index contributed by atoms with van der Waals surface area (Å²) in [5, 5.41) is 5.05. The predicted molar refractivity (Wildman–Crippen MR) is 66.7 cm³/mol. The van der Waals surface area contributed by atoms with Crippen molar-refractivity contribution in [3.8, 4) is 0 Å². The Kier molecular flexibility index (Phi) is 5.86. The van der Waals surface area contributed by atoms with Gasteiger partial charge in [0.05, 0.1) is 12.4 Å². The number of imide groups is 1. The topological polar surface area (TPSA) is 102 Å². The molecule has 7 heteroatoms. The lowest BCUT2D eigenvalue weighted by molar-refractivity contribution is -0.121. The lowest BCUT2D eigenvalue weighted by atomic mass is 10.2. The number of carbonyl (C=O) groups is 2. The molecule has 0 saturated carbocycles. The van der Waals surface area contributed by atoms with Crippen LogP contribution in [0.2, 0.25) is 0 Å². The second kappa shape index (κ2) is 7.44. The first-order valence-corrected chi connectivity index (χ1v) is 5.89. The number of primary amides is 1. The Hall–Kier alpha value is -1.89. The second-order valence-electron chi connectivity index (χ2n) is 4.04. The van der Waals surface area contributed by atoms with Crippen LogP contribution in [-0.4, -0.2) is 34.1 Å². The first kappa shape index (κ1) is 14.2. The van der Waals surface area contributed by atoms with Crippen LogP contribution in [0, 0.1) is 0 Å². The number of amides is 3. The molecule has 0 aromatic carbocycles. The van der Waals surface area contributed by atoms with Gasteiger partial charge in [-0.1, -0.05) is 0 Å². The minimum absolute atomic E-state index is 0.405. The van der Waals surface area contributed by atoms with Crippen LogP contribution in [0.4, 0.5) is 4.79 Å². The molecule has 100 valence electrons. The predicted octanol–water partition coefficient (Wildman–Crippen LogP) is -0.164. The third kappa shape index (κ3) is 5.44. The van der Waals surface area contributed by atoms with E-state index < -0.39 is 18.0 Å². The van der Waals surface area contributed by atoms with Gasteiger partial charge in [0.1, 0.15) is 0 Å². The van der Waals surface area contributed by atoms with E-state index in [1.54, 1.807) is 19.4 Å². The molecule has 0 saturated heterocycles. The molecule has 3 amide bonds. The largest absolute Gasteiger partial charge is 0.351 e. The summed E-state index contributed by atoms with van der Waals surface area (Å²) in [5.41, 5.74) is 4.85. The minimum atomic E-state index is -0.825. The molecule has 0 aliphatic heterocycles. The Morgan fingerprint density at radius 2 is 2.22 bits per heavy atom. The summed E-state index contributed by atoms with van der Waals surface area (Å²) in [6.45, 7) is 3.31. The second-order valence-corrected chi connectivity index (χ2v) is 4.04. The van der Waals surface area contributed by atoms with Gasteiger partial charge in [0, 0.05) is 18.9 Å². The molecule has 7 nitrogen and oxygen atoms in total. The lowest BCUT2D eigenvalue weighted by Gasteiger charge is -2.12. The third-order valence-corrected chi connectivity index (χ3v) is 2.49. The van der Waals surface area contributed by atoms with Gasteiger partial charge in [-0.2, -0.15) is 0 Å². The summed E-state index contributed by atoms with van der Waals surface area (Å²) in [7, 11) is 0. The third-order valence-electron chi connectivity index (χ3n) is 2.49. The zero-order valence-electron chi connectivity index (χ0n) is 10.4. The summed E-state index contributed by atoms with van der Waals surface area (Å²) < 4.78 is 2.00. The van der Waals surface area contributed by atoms with Gasteiger partial charge in [-0.05, 0) is 26.3 Å². The molecular weight excluding hydrogens is 234 g/mol. The van der Waals surface area contributed by atoms with Gasteiger partial charge < -0.3 is 15.6 Å². The number of urea groups is 1. The SMILES string of the molecule is CC(NCCCCn1ccnc1)C(=O)NC(N)=O. The highest BCUT2D eigenvalue weighted by molar-refractivity contribution is 5.96.